The summed E-state index contributed by atoms with van der Waals surface area (Å²) in [6, 6.07) is 0.773. The van der Waals surface area contributed by atoms with Crippen molar-refractivity contribution in [1.82, 2.24) is 9.78 Å². The van der Waals surface area contributed by atoms with E-state index in [1.165, 1.54) is 17.7 Å². The Morgan fingerprint density at radius 3 is 3.07 bits per heavy atom. The highest BCUT2D eigenvalue weighted by Gasteiger charge is 2.18. The molecule has 0 unspecified atom stereocenters. The monoisotopic (exact) mass is 193 g/mol. The van der Waals surface area contributed by atoms with Crippen molar-refractivity contribution in [2.75, 3.05) is 0 Å². The molecule has 2 rings (SSSR count). The van der Waals surface area contributed by atoms with E-state index in [-0.39, 0.29) is 0 Å². The molecular formula is C11H19N3. The van der Waals surface area contributed by atoms with Crippen molar-refractivity contribution >= 4 is 0 Å². The molecule has 1 aliphatic carbocycles. The summed E-state index contributed by atoms with van der Waals surface area (Å²) in [5, 5.41) is 4.43. The van der Waals surface area contributed by atoms with Gasteiger partial charge >= 0.3 is 0 Å². The van der Waals surface area contributed by atoms with Gasteiger partial charge in [0.2, 0.25) is 0 Å². The molecule has 1 atom stereocenters. The Balaban J connectivity index is 2.34. The van der Waals surface area contributed by atoms with Crippen molar-refractivity contribution in [3.8, 4) is 0 Å². The minimum absolute atomic E-state index is 0.324. The van der Waals surface area contributed by atoms with Gasteiger partial charge in [-0.05, 0) is 38.7 Å². The fourth-order valence-electron chi connectivity index (χ4n) is 2.21. The summed E-state index contributed by atoms with van der Waals surface area (Å²) in [4.78, 5) is 0. The van der Waals surface area contributed by atoms with Gasteiger partial charge in [0.05, 0.1) is 6.20 Å². The van der Waals surface area contributed by atoms with Gasteiger partial charge in [-0.2, -0.15) is 5.10 Å². The molecule has 0 aliphatic heterocycles. The molecule has 0 radical (unpaired) electrons. The number of rotatable bonds is 1. The standard InChI is InChI=1S/C11H19N3/c1-8(2)14-11-6-10(12)5-3-4-9(11)7-13-14/h7-8,10H,3-6,12H2,1-2H3/t10-/m0/s1. The Morgan fingerprint density at radius 1 is 1.57 bits per heavy atom. The van der Waals surface area contributed by atoms with Gasteiger partial charge in [-0.1, -0.05) is 0 Å². The van der Waals surface area contributed by atoms with Crippen LogP contribution in [0.15, 0.2) is 6.20 Å². The molecule has 0 saturated heterocycles. The Bertz CT molecular complexity index is 314. The normalized spacial score (nSPS) is 22.1. The largest absolute Gasteiger partial charge is 0.327 e. The van der Waals surface area contributed by atoms with Crippen molar-refractivity contribution in [1.29, 1.82) is 0 Å². The Morgan fingerprint density at radius 2 is 2.36 bits per heavy atom. The van der Waals surface area contributed by atoms with E-state index in [0.29, 0.717) is 12.1 Å². The Hall–Kier alpha value is -0.830. The lowest BCUT2D eigenvalue weighted by atomic mass is 10.1. The highest BCUT2D eigenvalue weighted by atomic mass is 15.3. The molecule has 0 amide bonds. The maximum absolute atomic E-state index is 6.04. The number of aryl methyl sites for hydroxylation is 1. The number of nitrogens with zero attached hydrogens (tertiary/aromatic N) is 2. The minimum Gasteiger partial charge on any atom is -0.327 e. The molecule has 1 aromatic heterocycles. The molecule has 14 heavy (non-hydrogen) atoms. The van der Waals surface area contributed by atoms with E-state index >= 15 is 0 Å². The third kappa shape index (κ3) is 1.69. The smallest absolute Gasteiger partial charge is 0.0524 e. The van der Waals surface area contributed by atoms with Crippen LogP contribution >= 0.6 is 0 Å². The first-order valence-electron chi connectivity index (χ1n) is 5.49. The van der Waals surface area contributed by atoms with Crippen LogP contribution in [0.5, 0.6) is 0 Å². The van der Waals surface area contributed by atoms with Gasteiger partial charge in [-0.25, -0.2) is 0 Å². The van der Waals surface area contributed by atoms with Crippen LogP contribution in [-0.4, -0.2) is 15.8 Å². The van der Waals surface area contributed by atoms with E-state index in [2.05, 4.69) is 23.6 Å². The number of hydrogen-bond acceptors (Lipinski definition) is 2. The first kappa shape index (κ1) is 9.71. The quantitative estimate of drug-likeness (QED) is 0.689. The zero-order valence-corrected chi connectivity index (χ0v) is 9.03. The summed E-state index contributed by atoms with van der Waals surface area (Å²) < 4.78 is 2.13. The molecule has 0 aromatic carbocycles. The fraction of sp³-hybridized carbons (Fsp3) is 0.727. The van der Waals surface area contributed by atoms with Crippen LogP contribution in [0.2, 0.25) is 0 Å². The molecule has 2 N–H and O–H groups in total. The minimum atomic E-state index is 0.324. The van der Waals surface area contributed by atoms with Crippen molar-refractivity contribution in [2.24, 2.45) is 5.73 Å². The summed E-state index contributed by atoms with van der Waals surface area (Å²) in [6.07, 6.45) is 6.52. The molecule has 0 bridgehead atoms. The molecule has 3 nitrogen and oxygen atoms in total. The zero-order valence-electron chi connectivity index (χ0n) is 9.03. The SMILES string of the molecule is CC(C)n1ncc2c1C[C@@H](N)CCC2. The van der Waals surface area contributed by atoms with Crippen LogP contribution in [0.4, 0.5) is 0 Å². The molecule has 0 saturated carbocycles. The van der Waals surface area contributed by atoms with Gasteiger partial charge in [0.1, 0.15) is 0 Å². The Kier molecular flexibility index (Phi) is 2.59. The molecule has 0 spiro atoms. The lowest BCUT2D eigenvalue weighted by Gasteiger charge is -2.13. The second-order valence-electron chi connectivity index (χ2n) is 4.51. The second-order valence-corrected chi connectivity index (χ2v) is 4.51. The number of fused-ring (bicyclic) bond motifs is 1. The number of hydrogen-bond donors (Lipinski definition) is 1. The van der Waals surface area contributed by atoms with Gasteiger partial charge in [0.15, 0.2) is 0 Å². The predicted molar refractivity (Wildman–Crippen MR) is 57.2 cm³/mol. The van der Waals surface area contributed by atoms with Crippen LogP contribution in [-0.2, 0) is 12.8 Å². The third-order valence-corrected chi connectivity index (χ3v) is 2.95. The van der Waals surface area contributed by atoms with Crippen LogP contribution < -0.4 is 5.73 Å². The van der Waals surface area contributed by atoms with Crippen LogP contribution in [0.3, 0.4) is 0 Å². The lowest BCUT2D eigenvalue weighted by Crippen LogP contribution is -2.23. The number of aromatic nitrogens is 2. The lowest BCUT2D eigenvalue weighted by molar-refractivity contribution is 0.492. The average molecular weight is 193 g/mol. The summed E-state index contributed by atoms with van der Waals surface area (Å²) in [6.45, 7) is 4.34. The molecule has 3 heteroatoms. The van der Waals surface area contributed by atoms with E-state index in [0.717, 1.165) is 19.3 Å². The van der Waals surface area contributed by atoms with E-state index in [9.17, 15) is 0 Å². The van der Waals surface area contributed by atoms with E-state index < -0.39 is 0 Å². The number of nitrogens with two attached hydrogens (primary N) is 1. The summed E-state index contributed by atoms with van der Waals surface area (Å²) in [7, 11) is 0. The van der Waals surface area contributed by atoms with E-state index in [1.807, 2.05) is 6.20 Å². The molecule has 1 heterocycles. The molecule has 78 valence electrons. The molecule has 0 fully saturated rings. The highest BCUT2D eigenvalue weighted by Crippen LogP contribution is 2.22. The summed E-state index contributed by atoms with van der Waals surface area (Å²) in [5.41, 5.74) is 8.81. The van der Waals surface area contributed by atoms with Gasteiger partial charge in [-0.15, -0.1) is 0 Å². The van der Waals surface area contributed by atoms with Crippen LogP contribution in [0, 0.1) is 0 Å². The second kappa shape index (κ2) is 3.73. The molecule has 1 aliphatic rings. The maximum atomic E-state index is 6.04. The van der Waals surface area contributed by atoms with Gasteiger partial charge in [0.25, 0.3) is 0 Å². The van der Waals surface area contributed by atoms with Gasteiger partial charge in [-0.3, -0.25) is 4.68 Å². The van der Waals surface area contributed by atoms with Crippen molar-refractivity contribution < 1.29 is 0 Å². The first-order chi connectivity index (χ1) is 6.68. The van der Waals surface area contributed by atoms with E-state index in [1.54, 1.807) is 0 Å². The fourth-order valence-corrected chi connectivity index (χ4v) is 2.21. The first-order valence-corrected chi connectivity index (χ1v) is 5.49. The summed E-state index contributed by atoms with van der Waals surface area (Å²) in [5.74, 6) is 0. The highest BCUT2D eigenvalue weighted by molar-refractivity contribution is 5.21. The molecular weight excluding hydrogens is 174 g/mol. The van der Waals surface area contributed by atoms with Gasteiger partial charge in [0, 0.05) is 24.2 Å². The van der Waals surface area contributed by atoms with Crippen molar-refractivity contribution in [3.63, 3.8) is 0 Å². The maximum Gasteiger partial charge on any atom is 0.0524 e. The predicted octanol–water partition coefficient (Wildman–Crippen LogP) is 1.67. The third-order valence-electron chi connectivity index (χ3n) is 2.95. The molecule has 1 aromatic rings. The topological polar surface area (TPSA) is 43.8 Å². The summed E-state index contributed by atoms with van der Waals surface area (Å²) >= 11 is 0. The van der Waals surface area contributed by atoms with E-state index in [4.69, 9.17) is 5.73 Å². The van der Waals surface area contributed by atoms with Crippen LogP contribution in [0.25, 0.3) is 0 Å². The van der Waals surface area contributed by atoms with Crippen molar-refractivity contribution in [3.05, 3.63) is 17.5 Å². The van der Waals surface area contributed by atoms with Crippen LogP contribution in [0.1, 0.15) is 44.0 Å². The van der Waals surface area contributed by atoms with Gasteiger partial charge < -0.3 is 5.73 Å². The zero-order chi connectivity index (χ0) is 10.1. The Labute approximate surface area is 85.3 Å². The average Bonchev–Trinajstić information content (AvgIpc) is 2.41. The van der Waals surface area contributed by atoms with Crippen molar-refractivity contribution in [2.45, 2.75) is 51.6 Å².